The zero-order valence-electron chi connectivity index (χ0n) is 17.1. The van der Waals surface area contributed by atoms with Crippen LogP contribution in [0.25, 0.3) is 0 Å². The molecule has 1 aliphatic rings. The highest BCUT2D eigenvalue weighted by Crippen LogP contribution is 2.30. The first kappa shape index (κ1) is 22.8. The molecule has 30 heavy (non-hydrogen) atoms. The number of benzene rings is 2. The Bertz CT molecular complexity index is 964. The van der Waals surface area contributed by atoms with Crippen LogP contribution in [0.3, 0.4) is 0 Å². The van der Waals surface area contributed by atoms with Crippen molar-refractivity contribution in [2.24, 2.45) is 0 Å². The van der Waals surface area contributed by atoms with Crippen molar-refractivity contribution < 1.29 is 9.53 Å². The minimum Gasteiger partial charge on any atom is -0.496 e. The predicted molar refractivity (Wildman–Crippen MR) is 130 cm³/mol. The molecular formula is C21H24BrClN4O2S. The van der Waals surface area contributed by atoms with Gasteiger partial charge in [0.15, 0.2) is 5.11 Å². The minimum absolute atomic E-state index is 0.183. The number of thiocarbonyl (C=S) groups is 1. The Morgan fingerprint density at radius 2 is 1.90 bits per heavy atom. The number of carbonyl (C=O) groups is 1. The third kappa shape index (κ3) is 5.43. The number of nitrogens with one attached hydrogen (secondary N) is 2. The number of halogens is 2. The fourth-order valence-corrected chi connectivity index (χ4v) is 4.47. The van der Waals surface area contributed by atoms with Crippen molar-refractivity contribution in [1.29, 1.82) is 0 Å². The van der Waals surface area contributed by atoms with E-state index in [9.17, 15) is 4.79 Å². The Kier molecular flexibility index (Phi) is 7.57. The van der Waals surface area contributed by atoms with E-state index in [4.69, 9.17) is 28.6 Å². The highest BCUT2D eigenvalue weighted by Gasteiger charge is 2.18. The lowest BCUT2D eigenvalue weighted by atomic mass is 10.1. The smallest absolute Gasteiger partial charge is 0.261 e. The van der Waals surface area contributed by atoms with Gasteiger partial charge in [-0.25, -0.2) is 0 Å². The zero-order chi connectivity index (χ0) is 21.8. The Balaban J connectivity index is 1.67. The largest absolute Gasteiger partial charge is 0.496 e. The Hall–Kier alpha value is -1.87. The van der Waals surface area contributed by atoms with Crippen molar-refractivity contribution in [2.75, 3.05) is 50.6 Å². The molecule has 1 heterocycles. The van der Waals surface area contributed by atoms with E-state index < -0.39 is 0 Å². The molecule has 0 atom stereocenters. The molecule has 0 aromatic heterocycles. The van der Waals surface area contributed by atoms with Crippen molar-refractivity contribution in [3.05, 3.63) is 51.0 Å². The standard InChI is InChI=1S/C21H24BrClN4O2S/c1-13-10-14(22)11-16(19(13)29-3)20(28)25-21(30)24-15-4-5-18(17(23)12-15)27-8-6-26(2)7-9-27/h4-5,10-12H,6-9H2,1-3H3,(H2,24,25,28,30). The summed E-state index contributed by atoms with van der Waals surface area (Å²) in [4.78, 5) is 17.3. The number of piperazine rings is 1. The third-order valence-electron chi connectivity index (χ3n) is 4.96. The molecule has 2 aromatic carbocycles. The third-order valence-corrected chi connectivity index (χ3v) is 5.93. The van der Waals surface area contributed by atoms with Crippen LogP contribution in [0.5, 0.6) is 5.75 Å². The Morgan fingerprint density at radius 1 is 1.20 bits per heavy atom. The van der Waals surface area contributed by atoms with Crippen LogP contribution >= 0.6 is 39.7 Å². The molecule has 0 radical (unpaired) electrons. The molecule has 0 aliphatic carbocycles. The number of hydrogen-bond donors (Lipinski definition) is 2. The molecule has 1 saturated heterocycles. The number of amides is 1. The number of nitrogens with zero attached hydrogens (tertiary/aromatic N) is 2. The summed E-state index contributed by atoms with van der Waals surface area (Å²) in [5, 5.41) is 6.55. The maximum atomic E-state index is 12.7. The first-order valence-corrected chi connectivity index (χ1v) is 11.1. The maximum Gasteiger partial charge on any atom is 0.261 e. The van der Waals surface area contributed by atoms with E-state index in [0.29, 0.717) is 22.0 Å². The molecular weight excluding hydrogens is 488 g/mol. The number of aryl methyl sites for hydroxylation is 1. The van der Waals surface area contributed by atoms with E-state index in [0.717, 1.165) is 41.9 Å². The summed E-state index contributed by atoms with van der Waals surface area (Å²) >= 11 is 15.2. The fraction of sp³-hybridized carbons (Fsp3) is 0.333. The van der Waals surface area contributed by atoms with Crippen LogP contribution in [0.1, 0.15) is 15.9 Å². The summed E-state index contributed by atoms with van der Waals surface area (Å²) in [6.07, 6.45) is 0. The topological polar surface area (TPSA) is 56.8 Å². The van der Waals surface area contributed by atoms with E-state index in [1.54, 1.807) is 6.07 Å². The summed E-state index contributed by atoms with van der Waals surface area (Å²) < 4.78 is 6.16. The van der Waals surface area contributed by atoms with E-state index in [-0.39, 0.29) is 11.0 Å². The van der Waals surface area contributed by atoms with Gasteiger partial charge in [-0.3, -0.25) is 10.1 Å². The van der Waals surface area contributed by atoms with Crippen molar-refractivity contribution in [1.82, 2.24) is 10.2 Å². The molecule has 0 saturated carbocycles. The average Bonchev–Trinajstić information content (AvgIpc) is 2.68. The molecule has 0 unspecified atom stereocenters. The van der Waals surface area contributed by atoms with Gasteiger partial charge >= 0.3 is 0 Å². The van der Waals surface area contributed by atoms with Gasteiger partial charge in [-0.05, 0) is 62.1 Å². The molecule has 1 aliphatic heterocycles. The highest BCUT2D eigenvalue weighted by atomic mass is 79.9. The van der Waals surface area contributed by atoms with Gasteiger partial charge < -0.3 is 19.9 Å². The molecule has 1 fully saturated rings. The van der Waals surface area contributed by atoms with Gasteiger partial charge in [-0.1, -0.05) is 27.5 Å². The predicted octanol–water partition coefficient (Wildman–Crippen LogP) is 4.30. The second-order valence-corrected chi connectivity index (χ2v) is 8.90. The van der Waals surface area contributed by atoms with E-state index >= 15 is 0 Å². The van der Waals surface area contributed by atoms with E-state index in [1.807, 2.05) is 31.2 Å². The van der Waals surface area contributed by atoms with E-state index in [2.05, 4.69) is 43.4 Å². The quantitative estimate of drug-likeness (QED) is 0.597. The highest BCUT2D eigenvalue weighted by molar-refractivity contribution is 9.10. The molecule has 0 bridgehead atoms. The van der Waals surface area contributed by atoms with Gasteiger partial charge in [0.25, 0.3) is 5.91 Å². The number of hydrogen-bond acceptors (Lipinski definition) is 5. The summed E-state index contributed by atoms with van der Waals surface area (Å²) in [5.74, 6) is 0.159. The molecule has 2 N–H and O–H groups in total. The molecule has 6 nitrogen and oxygen atoms in total. The zero-order valence-corrected chi connectivity index (χ0v) is 20.2. The molecule has 9 heteroatoms. The van der Waals surface area contributed by atoms with Crippen molar-refractivity contribution in [2.45, 2.75) is 6.92 Å². The van der Waals surface area contributed by atoms with E-state index in [1.165, 1.54) is 7.11 Å². The van der Waals surface area contributed by atoms with Gasteiger partial charge in [0.05, 0.1) is 23.4 Å². The number of ether oxygens (including phenoxy) is 1. The minimum atomic E-state index is -0.353. The van der Waals surface area contributed by atoms with Gasteiger partial charge in [-0.15, -0.1) is 0 Å². The number of anilines is 2. The van der Waals surface area contributed by atoms with Gasteiger partial charge in [-0.2, -0.15) is 0 Å². The van der Waals surface area contributed by atoms with Crippen molar-refractivity contribution >= 4 is 62.1 Å². The SMILES string of the molecule is COc1c(C)cc(Br)cc1C(=O)NC(=S)Nc1ccc(N2CCN(C)CC2)c(Cl)c1. The van der Waals surface area contributed by atoms with Crippen LogP contribution < -0.4 is 20.3 Å². The summed E-state index contributed by atoms with van der Waals surface area (Å²) in [7, 11) is 3.65. The number of rotatable bonds is 4. The second-order valence-electron chi connectivity index (χ2n) is 7.17. The monoisotopic (exact) mass is 510 g/mol. The normalized spacial score (nSPS) is 14.4. The van der Waals surface area contributed by atoms with Crippen LogP contribution in [0.15, 0.2) is 34.8 Å². The molecule has 2 aromatic rings. The van der Waals surface area contributed by atoms with Gasteiger partial charge in [0.1, 0.15) is 5.75 Å². The number of carbonyl (C=O) groups excluding carboxylic acids is 1. The van der Waals surface area contributed by atoms with Crippen molar-refractivity contribution in [3.8, 4) is 5.75 Å². The molecule has 160 valence electrons. The van der Waals surface area contributed by atoms with Crippen molar-refractivity contribution in [3.63, 3.8) is 0 Å². The summed E-state index contributed by atoms with van der Waals surface area (Å²) in [6.45, 7) is 5.76. The first-order chi connectivity index (χ1) is 14.3. The fourth-order valence-electron chi connectivity index (χ4n) is 3.39. The Morgan fingerprint density at radius 3 is 2.53 bits per heavy atom. The van der Waals surface area contributed by atoms with Gasteiger partial charge in [0, 0.05) is 36.3 Å². The number of methoxy groups -OCH3 is 1. The first-order valence-electron chi connectivity index (χ1n) is 9.48. The molecule has 1 amide bonds. The lowest BCUT2D eigenvalue weighted by Crippen LogP contribution is -2.44. The Labute approximate surface area is 195 Å². The van der Waals surface area contributed by atoms with Crippen LogP contribution in [0, 0.1) is 6.92 Å². The summed E-state index contributed by atoms with van der Waals surface area (Å²) in [5.41, 5.74) is 2.96. The van der Waals surface area contributed by atoms with Crippen LogP contribution in [0.4, 0.5) is 11.4 Å². The molecule has 3 rings (SSSR count). The second kappa shape index (κ2) is 9.96. The summed E-state index contributed by atoms with van der Waals surface area (Å²) in [6, 6.07) is 9.28. The van der Waals surface area contributed by atoms with Crippen LogP contribution in [0.2, 0.25) is 5.02 Å². The van der Waals surface area contributed by atoms with Crippen LogP contribution in [-0.2, 0) is 0 Å². The molecule has 0 spiro atoms. The average molecular weight is 512 g/mol. The maximum absolute atomic E-state index is 12.7. The number of likely N-dealkylation sites (N-methyl/N-ethyl adjacent to an activating group) is 1. The lowest BCUT2D eigenvalue weighted by Gasteiger charge is -2.34. The van der Waals surface area contributed by atoms with Gasteiger partial charge in [0.2, 0.25) is 0 Å². The van der Waals surface area contributed by atoms with Crippen LogP contribution in [-0.4, -0.2) is 56.3 Å². The lowest BCUT2D eigenvalue weighted by molar-refractivity contribution is 0.0974.